The maximum Gasteiger partial charge on any atom is 0.332 e. The van der Waals surface area contributed by atoms with Gasteiger partial charge >= 0.3 is 17.7 Å². The van der Waals surface area contributed by atoms with E-state index >= 15 is 4.39 Å². The molecule has 49 heavy (non-hydrogen) atoms. The van der Waals surface area contributed by atoms with Crippen LogP contribution in [0.3, 0.4) is 0 Å². The molecule has 3 aromatic rings. The smallest absolute Gasteiger partial charge is 0.332 e. The van der Waals surface area contributed by atoms with Crippen molar-refractivity contribution in [3.63, 3.8) is 0 Å². The summed E-state index contributed by atoms with van der Waals surface area (Å²) >= 11 is 1.50. The van der Waals surface area contributed by atoms with E-state index in [4.69, 9.17) is 9.72 Å². The molecule has 3 aliphatic rings. The number of thiazole rings is 1. The highest BCUT2D eigenvalue weighted by Crippen LogP contribution is 2.39. The van der Waals surface area contributed by atoms with Crippen LogP contribution in [0.5, 0.6) is 0 Å². The van der Waals surface area contributed by atoms with Gasteiger partial charge < -0.3 is 14.6 Å². The number of allylic oxidation sites excluding steroid dienone is 1. The molecule has 6 bridgehead atoms. The van der Waals surface area contributed by atoms with Crippen molar-refractivity contribution in [2.24, 2.45) is 11.3 Å². The highest BCUT2D eigenvalue weighted by molar-refractivity contribution is 7.10. The van der Waals surface area contributed by atoms with E-state index in [2.05, 4.69) is 62.9 Å². The average molecular weight is 692 g/mol. The van der Waals surface area contributed by atoms with Crippen LogP contribution in [0.1, 0.15) is 96.3 Å². The van der Waals surface area contributed by atoms with Gasteiger partial charge in [-0.05, 0) is 62.3 Å². The number of nitrogens with one attached hydrogen (secondary N) is 2. The minimum atomic E-state index is -0.492. The Hall–Kier alpha value is -3.73. The molecule has 0 spiro atoms. The summed E-state index contributed by atoms with van der Waals surface area (Å²) in [6.45, 7) is 14.3. The summed E-state index contributed by atoms with van der Waals surface area (Å²) in [6, 6.07) is 2.95. The monoisotopic (exact) mass is 691 g/mol. The quantitative estimate of drug-likeness (QED) is 0.156. The third-order valence-electron chi connectivity index (χ3n) is 10.5. The molecule has 1 amide bonds. The number of benzene rings is 1. The van der Waals surface area contributed by atoms with Crippen LogP contribution in [-0.2, 0) is 33.7 Å². The van der Waals surface area contributed by atoms with Gasteiger partial charge in [-0.1, -0.05) is 47.5 Å². The van der Waals surface area contributed by atoms with Crippen molar-refractivity contribution in [1.82, 2.24) is 25.2 Å². The van der Waals surface area contributed by atoms with Crippen molar-refractivity contribution < 1.29 is 23.4 Å². The highest BCUT2D eigenvalue weighted by atomic mass is 32.1. The zero-order valence-electron chi connectivity index (χ0n) is 30.1. The van der Waals surface area contributed by atoms with Crippen molar-refractivity contribution in [1.29, 1.82) is 0 Å². The summed E-state index contributed by atoms with van der Waals surface area (Å²) < 4.78 is 26.3. The number of ether oxygens (including phenoxy) is 1. The Morgan fingerprint density at radius 1 is 1.27 bits per heavy atom. The summed E-state index contributed by atoms with van der Waals surface area (Å²) in [4.78, 5) is 34.1. The number of hydrogen-bond acceptors (Lipinski definition) is 7. The van der Waals surface area contributed by atoms with Crippen molar-refractivity contribution in [2.45, 2.75) is 112 Å². The van der Waals surface area contributed by atoms with E-state index in [-0.39, 0.29) is 30.3 Å². The molecule has 11 heteroatoms. The van der Waals surface area contributed by atoms with E-state index in [9.17, 15) is 9.59 Å². The van der Waals surface area contributed by atoms with Crippen molar-refractivity contribution >= 4 is 46.0 Å². The molecule has 0 saturated carbocycles. The van der Waals surface area contributed by atoms with Gasteiger partial charge in [0.15, 0.2) is 6.04 Å². The lowest BCUT2D eigenvalue weighted by Gasteiger charge is -2.28. The third kappa shape index (κ3) is 7.00. The first-order valence-electron chi connectivity index (χ1n) is 18.1. The van der Waals surface area contributed by atoms with Crippen LogP contribution in [0.2, 0.25) is 0 Å². The number of aromatic nitrogens is 2. The molecule has 0 aliphatic carbocycles. The molecule has 3 aliphatic heterocycles. The van der Waals surface area contributed by atoms with Crippen molar-refractivity contribution in [3.05, 3.63) is 45.3 Å². The minimum Gasteiger partial charge on any atom is -0.463 e. The van der Waals surface area contributed by atoms with Gasteiger partial charge in [-0.25, -0.2) is 24.4 Å². The molecule has 2 atom stereocenters. The predicted molar refractivity (Wildman–Crippen MR) is 194 cm³/mol. The van der Waals surface area contributed by atoms with Crippen molar-refractivity contribution in [2.75, 3.05) is 20.2 Å². The molecular weight excluding hydrogens is 640 g/mol. The fourth-order valence-corrected chi connectivity index (χ4v) is 8.35. The molecule has 9 nitrogen and oxygen atoms in total. The van der Waals surface area contributed by atoms with E-state index < -0.39 is 11.5 Å². The van der Waals surface area contributed by atoms with Crippen LogP contribution in [0.15, 0.2) is 23.2 Å². The Kier molecular flexibility index (Phi) is 10.2. The molecule has 264 valence electrons. The molecular formula is C38H52FN6O3S+. The molecule has 1 aromatic carbocycles. The summed E-state index contributed by atoms with van der Waals surface area (Å²) in [5, 5.41) is 7.08. The standard InChI is InChI=1S/C38H52FN6O3S/c1-8-23(9-2)15-35(46)45-33-19-34-41-30(21-49-34)26-17-25-27(31(16-24(10-3)40-7)43(11-4)32(25)18-28(26)39)20-38(5,6)22-48-37(47)29-13-12-14-44(42-29)36(33)45/h16-18,21,23,29,33,40,42H,8-15,19-20,22H2,1-7H3/q+1/b24-16+. The Balaban J connectivity index is 1.47. The van der Waals surface area contributed by atoms with Crippen LogP contribution in [0.4, 0.5) is 4.39 Å². The number of fused-ring (bicyclic) bond motifs is 7. The molecule has 6 rings (SSSR count). The number of esters is 1. The number of carbonyl (C=O) groups excluding carboxylic acids is 2. The van der Waals surface area contributed by atoms with Gasteiger partial charge in [-0.15, -0.1) is 11.3 Å². The average Bonchev–Trinajstić information content (AvgIpc) is 3.49. The molecule has 0 radical (unpaired) electrons. The Morgan fingerprint density at radius 2 is 2.04 bits per heavy atom. The maximum absolute atomic E-state index is 16.1. The zero-order valence-corrected chi connectivity index (χ0v) is 30.9. The first-order valence-corrected chi connectivity index (χ1v) is 19.0. The topological polar surface area (TPSA) is 91.3 Å². The van der Waals surface area contributed by atoms with Gasteiger partial charge in [-0.3, -0.25) is 0 Å². The van der Waals surface area contributed by atoms with E-state index in [1.807, 2.05) is 28.1 Å². The van der Waals surface area contributed by atoms with Gasteiger partial charge in [0.05, 0.1) is 35.7 Å². The first-order chi connectivity index (χ1) is 23.5. The SMILES string of the molecule is CC/C(=C\c1c2c3cc(c(F)cc3n1CC)-c1csc(n1)CC1C(=[N+]3CCCC(N3)C(=O)OCC(C)(C)C2)N1C(=O)CC(CC)CC)NC. The summed E-state index contributed by atoms with van der Waals surface area (Å²) in [6.07, 6.45) is 8.02. The molecule has 2 unspecified atom stereocenters. The lowest BCUT2D eigenvalue weighted by molar-refractivity contribution is -0.600. The predicted octanol–water partition coefficient (Wildman–Crippen LogP) is 6.68. The molecule has 2 aromatic heterocycles. The number of rotatable bonds is 8. The maximum atomic E-state index is 16.1. The molecule has 2 fully saturated rings. The second-order valence-corrected chi connectivity index (χ2v) is 15.5. The number of cyclic esters (lactones) is 1. The van der Waals surface area contributed by atoms with Crippen molar-refractivity contribution in [3.8, 4) is 11.3 Å². The number of hydrogen-bond donors (Lipinski definition) is 2. The third-order valence-corrected chi connectivity index (χ3v) is 11.4. The van der Waals surface area contributed by atoms with E-state index in [1.165, 1.54) is 11.3 Å². The molecule has 5 heterocycles. The number of halogens is 1. The molecule has 2 saturated heterocycles. The highest BCUT2D eigenvalue weighted by Gasteiger charge is 2.60. The van der Waals surface area contributed by atoms with Crippen LogP contribution in [0.25, 0.3) is 28.2 Å². The van der Waals surface area contributed by atoms with Gasteiger partial charge in [0.2, 0.25) is 6.04 Å². The number of aryl methyl sites for hydroxylation is 1. The van der Waals surface area contributed by atoms with Gasteiger partial charge in [0, 0.05) is 46.7 Å². The minimum absolute atomic E-state index is 0.100. The van der Waals surface area contributed by atoms with Crippen LogP contribution < -0.4 is 10.7 Å². The lowest BCUT2D eigenvalue weighted by atomic mass is 9.85. The van der Waals surface area contributed by atoms with E-state index in [1.54, 1.807) is 6.07 Å². The number of carbonyl (C=O) groups is 2. The largest absolute Gasteiger partial charge is 0.463 e. The van der Waals surface area contributed by atoms with Gasteiger partial charge in [0.25, 0.3) is 0 Å². The van der Waals surface area contributed by atoms with E-state index in [0.717, 1.165) is 64.4 Å². The second kappa shape index (κ2) is 14.2. The number of nitrogens with zero attached hydrogens (tertiary/aromatic N) is 4. The zero-order chi connectivity index (χ0) is 35.0. The number of hydrazine groups is 1. The fourth-order valence-electron chi connectivity index (χ4n) is 7.52. The first kappa shape index (κ1) is 35.1. The number of amides is 1. The lowest BCUT2D eigenvalue weighted by Crippen LogP contribution is -2.50. The normalized spacial score (nSPS) is 21.0. The second-order valence-electron chi connectivity index (χ2n) is 14.5. The molecule has 2 N–H and O–H groups in total. The van der Waals surface area contributed by atoms with Crippen LogP contribution in [-0.4, -0.2) is 69.1 Å². The Bertz CT molecular complexity index is 1800. The van der Waals surface area contributed by atoms with Crippen LogP contribution in [0, 0.1) is 17.2 Å². The summed E-state index contributed by atoms with van der Waals surface area (Å²) in [5.74, 6) is 0.723. The Morgan fingerprint density at radius 3 is 2.73 bits per heavy atom. The summed E-state index contributed by atoms with van der Waals surface area (Å²) in [7, 11) is 1.93. The van der Waals surface area contributed by atoms with Crippen LogP contribution >= 0.6 is 11.3 Å². The van der Waals surface area contributed by atoms with E-state index in [0.29, 0.717) is 55.9 Å². The van der Waals surface area contributed by atoms with Gasteiger partial charge in [-0.2, -0.15) is 9.58 Å². The Labute approximate surface area is 293 Å². The summed E-state index contributed by atoms with van der Waals surface area (Å²) in [5.41, 5.74) is 8.14. The fraction of sp³-hybridized carbons (Fsp3) is 0.579. The number of hydrazone groups is 1. The number of amidine groups is 1. The van der Waals surface area contributed by atoms with Gasteiger partial charge in [0.1, 0.15) is 12.4 Å².